The van der Waals surface area contributed by atoms with Crippen LogP contribution in [0.25, 0.3) is 0 Å². The SMILES string of the molecule is CCCC(Br)(Br)C1CCCCC1. The smallest absolute Gasteiger partial charge is 0.0724 e. The Hall–Kier alpha value is 0.960. The van der Waals surface area contributed by atoms with Crippen molar-refractivity contribution in [1.29, 1.82) is 0 Å². The van der Waals surface area contributed by atoms with Crippen molar-refractivity contribution >= 4 is 31.9 Å². The quantitative estimate of drug-likeness (QED) is 0.653. The highest BCUT2D eigenvalue weighted by atomic mass is 79.9. The van der Waals surface area contributed by atoms with Gasteiger partial charge in [-0.25, -0.2) is 0 Å². The van der Waals surface area contributed by atoms with Gasteiger partial charge in [-0.15, -0.1) is 0 Å². The molecule has 0 bridgehead atoms. The first-order valence-electron chi connectivity index (χ1n) is 5.04. The van der Waals surface area contributed by atoms with Crippen LogP contribution in [0.5, 0.6) is 0 Å². The van der Waals surface area contributed by atoms with Gasteiger partial charge in [-0.05, 0) is 25.2 Å². The van der Waals surface area contributed by atoms with Crippen molar-refractivity contribution in [3.63, 3.8) is 0 Å². The molecule has 1 rings (SSSR count). The standard InChI is InChI=1S/C10H18Br2/c1-2-8-10(11,12)9-6-4-3-5-7-9/h9H,2-8H2,1H3. The molecule has 0 aromatic heterocycles. The molecule has 2 heteroatoms. The Morgan fingerprint density at radius 3 is 2.25 bits per heavy atom. The van der Waals surface area contributed by atoms with Gasteiger partial charge in [0.05, 0.1) is 3.23 Å². The zero-order valence-corrected chi connectivity index (χ0v) is 11.0. The summed E-state index contributed by atoms with van der Waals surface area (Å²) in [7, 11) is 0. The van der Waals surface area contributed by atoms with Crippen LogP contribution in [-0.2, 0) is 0 Å². The lowest BCUT2D eigenvalue weighted by atomic mass is 9.85. The maximum atomic E-state index is 3.82. The van der Waals surface area contributed by atoms with E-state index in [1.807, 2.05) is 0 Å². The van der Waals surface area contributed by atoms with Crippen molar-refractivity contribution in [3.8, 4) is 0 Å². The first-order chi connectivity index (χ1) is 5.67. The van der Waals surface area contributed by atoms with Crippen molar-refractivity contribution in [2.45, 2.75) is 55.1 Å². The molecule has 1 aliphatic carbocycles. The van der Waals surface area contributed by atoms with Crippen molar-refractivity contribution in [2.24, 2.45) is 5.92 Å². The predicted octanol–water partition coefficient (Wildman–Crippen LogP) is 4.85. The van der Waals surface area contributed by atoms with Crippen molar-refractivity contribution in [1.82, 2.24) is 0 Å². The number of rotatable bonds is 3. The van der Waals surface area contributed by atoms with E-state index < -0.39 is 0 Å². The van der Waals surface area contributed by atoms with Crippen LogP contribution < -0.4 is 0 Å². The summed E-state index contributed by atoms with van der Waals surface area (Å²) in [6.45, 7) is 2.25. The first kappa shape index (κ1) is 11.0. The van der Waals surface area contributed by atoms with E-state index in [2.05, 4.69) is 38.8 Å². The molecule has 72 valence electrons. The molecule has 0 nitrogen and oxygen atoms in total. The van der Waals surface area contributed by atoms with Gasteiger partial charge in [0.15, 0.2) is 0 Å². The largest absolute Gasteiger partial charge is 0.0833 e. The molecular weight excluding hydrogens is 280 g/mol. The van der Waals surface area contributed by atoms with E-state index in [1.165, 1.54) is 44.9 Å². The molecule has 0 aromatic rings. The summed E-state index contributed by atoms with van der Waals surface area (Å²) in [4.78, 5) is 0. The third-order valence-corrected chi connectivity index (χ3v) is 4.87. The summed E-state index contributed by atoms with van der Waals surface area (Å²) in [5, 5.41) is 0. The lowest BCUT2D eigenvalue weighted by Gasteiger charge is -2.33. The van der Waals surface area contributed by atoms with Crippen LogP contribution >= 0.6 is 31.9 Å². The minimum absolute atomic E-state index is 0.245. The topological polar surface area (TPSA) is 0 Å². The molecular formula is C10H18Br2. The zero-order chi connectivity index (χ0) is 9.03. The Labute approximate surface area is 92.8 Å². The monoisotopic (exact) mass is 296 g/mol. The number of alkyl halides is 2. The fraction of sp³-hybridized carbons (Fsp3) is 1.00. The summed E-state index contributed by atoms with van der Waals surface area (Å²) in [6.07, 6.45) is 9.59. The summed E-state index contributed by atoms with van der Waals surface area (Å²) < 4.78 is 0.245. The Morgan fingerprint density at radius 2 is 1.75 bits per heavy atom. The van der Waals surface area contributed by atoms with Gasteiger partial charge >= 0.3 is 0 Å². The molecule has 0 radical (unpaired) electrons. The van der Waals surface area contributed by atoms with E-state index >= 15 is 0 Å². The number of hydrogen-bond acceptors (Lipinski definition) is 0. The van der Waals surface area contributed by atoms with Crippen LogP contribution in [0.1, 0.15) is 51.9 Å². The fourth-order valence-corrected chi connectivity index (χ4v) is 3.77. The molecule has 1 fully saturated rings. The maximum absolute atomic E-state index is 3.82. The molecule has 0 heterocycles. The van der Waals surface area contributed by atoms with Crippen LogP contribution in [0.2, 0.25) is 0 Å². The van der Waals surface area contributed by atoms with Crippen LogP contribution in [0.15, 0.2) is 0 Å². The molecule has 0 atom stereocenters. The van der Waals surface area contributed by atoms with Gasteiger partial charge in [0, 0.05) is 0 Å². The molecule has 1 aliphatic rings. The molecule has 0 aliphatic heterocycles. The Balaban J connectivity index is 2.41. The molecule has 0 aromatic carbocycles. The van der Waals surface area contributed by atoms with Crippen LogP contribution in [-0.4, -0.2) is 3.23 Å². The van der Waals surface area contributed by atoms with Gasteiger partial charge in [-0.3, -0.25) is 0 Å². The fourth-order valence-electron chi connectivity index (χ4n) is 2.06. The second-order valence-electron chi connectivity index (χ2n) is 3.85. The number of hydrogen-bond donors (Lipinski definition) is 0. The molecule has 12 heavy (non-hydrogen) atoms. The molecule has 1 saturated carbocycles. The Bertz CT molecular complexity index is 126. The van der Waals surface area contributed by atoms with Crippen LogP contribution in [0.4, 0.5) is 0 Å². The van der Waals surface area contributed by atoms with Gasteiger partial charge < -0.3 is 0 Å². The normalized spacial score (nSPS) is 21.2. The highest BCUT2D eigenvalue weighted by Gasteiger charge is 2.33. The minimum Gasteiger partial charge on any atom is -0.0724 e. The highest BCUT2D eigenvalue weighted by Crippen LogP contribution is 2.45. The van der Waals surface area contributed by atoms with Crippen LogP contribution in [0, 0.1) is 5.92 Å². The van der Waals surface area contributed by atoms with Gasteiger partial charge in [-0.2, -0.15) is 0 Å². The van der Waals surface area contributed by atoms with E-state index in [1.54, 1.807) is 0 Å². The van der Waals surface area contributed by atoms with E-state index in [0.717, 1.165) is 5.92 Å². The summed E-state index contributed by atoms with van der Waals surface area (Å²) in [6, 6.07) is 0. The third-order valence-electron chi connectivity index (χ3n) is 2.79. The van der Waals surface area contributed by atoms with E-state index in [-0.39, 0.29) is 3.23 Å². The van der Waals surface area contributed by atoms with E-state index in [4.69, 9.17) is 0 Å². The van der Waals surface area contributed by atoms with E-state index in [9.17, 15) is 0 Å². The zero-order valence-electron chi connectivity index (χ0n) is 7.78. The summed E-state index contributed by atoms with van der Waals surface area (Å²) >= 11 is 7.64. The average Bonchev–Trinajstić information content (AvgIpc) is 2.06. The van der Waals surface area contributed by atoms with E-state index in [0.29, 0.717) is 0 Å². The lowest BCUT2D eigenvalue weighted by Crippen LogP contribution is -2.26. The third kappa shape index (κ3) is 3.02. The van der Waals surface area contributed by atoms with Gasteiger partial charge in [0.1, 0.15) is 0 Å². The summed E-state index contributed by atoms with van der Waals surface area (Å²) in [5.41, 5.74) is 0. The molecule has 0 saturated heterocycles. The van der Waals surface area contributed by atoms with Gasteiger partial charge in [0.25, 0.3) is 0 Å². The Kier molecular flexibility index (Phi) is 4.59. The molecule has 0 spiro atoms. The first-order valence-corrected chi connectivity index (χ1v) is 6.63. The van der Waals surface area contributed by atoms with Crippen LogP contribution in [0.3, 0.4) is 0 Å². The van der Waals surface area contributed by atoms with Crippen molar-refractivity contribution in [2.75, 3.05) is 0 Å². The molecule has 0 unspecified atom stereocenters. The molecule has 0 N–H and O–H groups in total. The van der Waals surface area contributed by atoms with Gasteiger partial charge in [-0.1, -0.05) is 64.5 Å². The minimum atomic E-state index is 0.245. The molecule has 0 amide bonds. The highest BCUT2D eigenvalue weighted by molar-refractivity contribution is 9.25. The second-order valence-corrected chi connectivity index (χ2v) is 7.74. The van der Waals surface area contributed by atoms with Gasteiger partial charge in [0.2, 0.25) is 0 Å². The average molecular weight is 298 g/mol. The number of halogens is 2. The lowest BCUT2D eigenvalue weighted by molar-refractivity contribution is 0.331. The van der Waals surface area contributed by atoms with Crippen molar-refractivity contribution in [3.05, 3.63) is 0 Å². The predicted molar refractivity (Wildman–Crippen MR) is 62.1 cm³/mol. The van der Waals surface area contributed by atoms with Crippen molar-refractivity contribution < 1.29 is 0 Å². The second kappa shape index (κ2) is 4.99. The Morgan fingerprint density at radius 1 is 1.17 bits per heavy atom. The maximum Gasteiger partial charge on any atom is 0.0833 e. The summed E-state index contributed by atoms with van der Waals surface area (Å²) in [5.74, 6) is 0.853.